The van der Waals surface area contributed by atoms with E-state index in [1.807, 2.05) is 0 Å². The lowest BCUT2D eigenvalue weighted by atomic mass is 9.95. The molecule has 1 aliphatic heterocycles. The van der Waals surface area contributed by atoms with E-state index in [0.717, 1.165) is 31.8 Å². The Labute approximate surface area is 117 Å². The summed E-state index contributed by atoms with van der Waals surface area (Å²) in [6.07, 6.45) is 6.31. The molecule has 0 saturated carbocycles. The minimum Gasteiger partial charge on any atom is -0.323 e. The Morgan fingerprint density at radius 1 is 1.42 bits per heavy atom. The summed E-state index contributed by atoms with van der Waals surface area (Å²) < 4.78 is 0. The zero-order valence-corrected chi connectivity index (χ0v) is 11.7. The van der Waals surface area contributed by atoms with E-state index in [4.69, 9.17) is 11.6 Å². The SMILES string of the molecule is CCC1CCN(C(=O)NNc2nccnc2Cl)CC1. The van der Waals surface area contributed by atoms with E-state index in [1.54, 1.807) is 4.90 Å². The second-order valence-electron chi connectivity index (χ2n) is 4.59. The maximum Gasteiger partial charge on any atom is 0.336 e. The number of nitrogens with zero attached hydrogens (tertiary/aromatic N) is 3. The zero-order chi connectivity index (χ0) is 13.7. The van der Waals surface area contributed by atoms with Crippen LogP contribution in [0.5, 0.6) is 0 Å². The van der Waals surface area contributed by atoms with Gasteiger partial charge in [0, 0.05) is 25.5 Å². The number of anilines is 1. The van der Waals surface area contributed by atoms with Crippen LogP contribution in [0.1, 0.15) is 26.2 Å². The van der Waals surface area contributed by atoms with Gasteiger partial charge in [-0.25, -0.2) is 14.8 Å². The minimum absolute atomic E-state index is 0.156. The molecule has 1 aliphatic rings. The predicted molar refractivity (Wildman–Crippen MR) is 73.8 cm³/mol. The molecule has 0 aliphatic carbocycles. The van der Waals surface area contributed by atoms with Crippen LogP contribution in [-0.4, -0.2) is 34.0 Å². The number of hydrogen-bond donors (Lipinski definition) is 2. The molecule has 2 amide bonds. The summed E-state index contributed by atoms with van der Waals surface area (Å²) in [7, 11) is 0. The maximum atomic E-state index is 11.9. The minimum atomic E-state index is -0.156. The predicted octanol–water partition coefficient (Wildman–Crippen LogP) is 2.29. The summed E-state index contributed by atoms with van der Waals surface area (Å²) in [5, 5.41) is 0.229. The molecule has 2 rings (SSSR count). The van der Waals surface area contributed by atoms with Crippen molar-refractivity contribution in [2.75, 3.05) is 18.5 Å². The van der Waals surface area contributed by atoms with Crippen molar-refractivity contribution in [3.63, 3.8) is 0 Å². The van der Waals surface area contributed by atoms with Crippen molar-refractivity contribution >= 4 is 23.4 Å². The molecule has 0 bridgehead atoms. The van der Waals surface area contributed by atoms with Crippen LogP contribution in [0.15, 0.2) is 12.4 Å². The topological polar surface area (TPSA) is 70.2 Å². The number of rotatable bonds is 3. The highest BCUT2D eigenvalue weighted by Crippen LogP contribution is 2.20. The molecule has 19 heavy (non-hydrogen) atoms. The lowest BCUT2D eigenvalue weighted by molar-refractivity contribution is 0.171. The third-order valence-corrected chi connectivity index (χ3v) is 3.70. The average Bonchev–Trinajstić information content (AvgIpc) is 2.46. The molecule has 6 nitrogen and oxygen atoms in total. The quantitative estimate of drug-likeness (QED) is 0.835. The van der Waals surface area contributed by atoms with Gasteiger partial charge < -0.3 is 4.90 Å². The molecule has 0 spiro atoms. The van der Waals surface area contributed by atoms with Gasteiger partial charge in [-0.15, -0.1) is 0 Å². The number of halogens is 1. The number of hydrazine groups is 1. The fourth-order valence-corrected chi connectivity index (χ4v) is 2.29. The highest BCUT2D eigenvalue weighted by atomic mass is 35.5. The number of piperidine rings is 1. The van der Waals surface area contributed by atoms with Crippen molar-refractivity contribution in [1.29, 1.82) is 0 Å². The summed E-state index contributed by atoms with van der Waals surface area (Å²) in [4.78, 5) is 21.6. The fourth-order valence-electron chi connectivity index (χ4n) is 2.14. The molecule has 1 aromatic rings. The standard InChI is InChI=1S/C12H18ClN5O/c1-2-9-3-7-18(8-4-9)12(19)17-16-11-10(13)14-5-6-15-11/h5-6,9H,2-4,7-8H2,1H3,(H,15,16)(H,17,19). The van der Waals surface area contributed by atoms with Gasteiger partial charge in [-0.2, -0.15) is 0 Å². The van der Waals surface area contributed by atoms with Crippen molar-refractivity contribution < 1.29 is 4.79 Å². The summed E-state index contributed by atoms with van der Waals surface area (Å²) in [5.41, 5.74) is 5.28. The highest BCUT2D eigenvalue weighted by molar-refractivity contribution is 6.31. The van der Waals surface area contributed by atoms with Crippen LogP contribution in [0.25, 0.3) is 0 Å². The smallest absolute Gasteiger partial charge is 0.323 e. The number of urea groups is 1. The Morgan fingerprint density at radius 2 is 2.11 bits per heavy atom. The Hall–Kier alpha value is -1.56. The molecule has 1 fully saturated rings. The molecule has 104 valence electrons. The van der Waals surface area contributed by atoms with Crippen molar-refractivity contribution in [1.82, 2.24) is 20.3 Å². The number of aromatic nitrogens is 2. The normalized spacial score (nSPS) is 16.2. The van der Waals surface area contributed by atoms with Crippen LogP contribution in [0.2, 0.25) is 5.15 Å². The first kappa shape index (κ1) is 13.9. The molecule has 1 aromatic heterocycles. The van der Waals surface area contributed by atoms with Crippen LogP contribution in [0.3, 0.4) is 0 Å². The Kier molecular flexibility index (Phi) is 4.79. The lowest BCUT2D eigenvalue weighted by Crippen LogP contribution is -2.46. The summed E-state index contributed by atoms with van der Waals surface area (Å²) in [6, 6.07) is -0.156. The van der Waals surface area contributed by atoms with Gasteiger partial charge in [0.25, 0.3) is 0 Å². The maximum absolute atomic E-state index is 11.9. The molecular formula is C12H18ClN5O. The van der Waals surface area contributed by atoms with E-state index in [9.17, 15) is 4.79 Å². The number of hydrogen-bond acceptors (Lipinski definition) is 4. The van der Waals surface area contributed by atoms with Crippen LogP contribution in [0, 0.1) is 5.92 Å². The molecule has 0 unspecified atom stereocenters. The van der Waals surface area contributed by atoms with Gasteiger partial charge in [0.1, 0.15) is 0 Å². The van der Waals surface area contributed by atoms with Gasteiger partial charge in [0.05, 0.1) is 0 Å². The Balaban J connectivity index is 1.81. The summed E-state index contributed by atoms with van der Waals surface area (Å²) in [5.74, 6) is 1.09. The van der Waals surface area contributed by atoms with Crippen molar-refractivity contribution in [3.8, 4) is 0 Å². The van der Waals surface area contributed by atoms with E-state index < -0.39 is 0 Å². The first-order valence-corrected chi connectivity index (χ1v) is 6.86. The zero-order valence-electron chi connectivity index (χ0n) is 10.9. The van der Waals surface area contributed by atoms with Crippen LogP contribution >= 0.6 is 11.6 Å². The number of likely N-dealkylation sites (tertiary alicyclic amines) is 1. The molecule has 2 N–H and O–H groups in total. The molecule has 2 heterocycles. The van der Waals surface area contributed by atoms with Gasteiger partial charge in [-0.3, -0.25) is 10.9 Å². The molecule has 0 aromatic carbocycles. The lowest BCUT2D eigenvalue weighted by Gasteiger charge is -2.31. The van der Waals surface area contributed by atoms with E-state index >= 15 is 0 Å². The van der Waals surface area contributed by atoms with Gasteiger partial charge in [-0.05, 0) is 18.8 Å². The summed E-state index contributed by atoms with van der Waals surface area (Å²) in [6.45, 7) is 3.78. The van der Waals surface area contributed by atoms with Crippen molar-refractivity contribution in [3.05, 3.63) is 17.5 Å². The monoisotopic (exact) mass is 283 g/mol. The van der Waals surface area contributed by atoms with E-state index in [-0.39, 0.29) is 11.2 Å². The Bertz CT molecular complexity index is 434. The van der Waals surface area contributed by atoms with Crippen molar-refractivity contribution in [2.24, 2.45) is 5.92 Å². The highest BCUT2D eigenvalue weighted by Gasteiger charge is 2.21. The van der Waals surface area contributed by atoms with Gasteiger partial charge in [0.2, 0.25) is 0 Å². The van der Waals surface area contributed by atoms with Crippen LogP contribution < -0.4 is 10.9 Å². The average molecular weight is 284 g/mol. The van der Waals surface area contributed by atoms with Gasteiger partial charge in [-0.1, -0.05) is 24.9 Å². The number of amides is 2. The number of nitrogens with one attached hydrogen (secondary N) is 2. The second kappa shape index (κ2) is 6.56. The van der Waals surface area contributed by atoms with Crippen molar-refractivity contribution in [2.45, 2.75) is 26.2 Å². The summed E-state index contributed by atoms with van der Waals surface area (Å²) >= 11 is 5.83. The van der Waals surface area contributed by atoms with E-state index in [1.165, 1.54) is 18.8 Å². The first-order valence-electron chi connectivity index (χ1n) is 6.48. The third-order valence-electron chi connectivity index (χ3n) is 3.42. The number of carbonyl (C=O) groups excluding carboxylic acids is 1. The van der Waals surface area contributed by atoms with Gasteiger partial charge in [0.15, 0.2) is 11.0 Å². The number of carbonyl (C=O) groups is 1. The first-order chi connectivity index (χ1) is 9.20. The van der Waals surface area contributed by atoms with E-state index in [2.05, 4.69) is 27.7 Å². The molecule has 0 atom stereocenters. The molecule has 0 radical (unpaired) electrons. The van der Waals surface area contributed by atoms with Crippen LogP contribution in [-0.2, 0) is 0 Å². The van der Waals surface area contributed by atoms with E-state index in [0.29, 0.717) is 5.82 Å². The molecular weight excluding hydrogens is 266 g/mol. The third kappa shape index (κ3) is 3.70. The Morgan fingerprint density at radius 3 is 2.74 bits per heavy atom. The fraction of sp³-hybridized carbons (Fsp3) is 0.583. The van der Waals surface area contributed by atoms with Crippen LogP contribution in [0.4, 0.5) is 10.6 Å². The second-order valence-corrected chi connectivity index (χ2v) is 4.95. The van der Waals surface area contributed by atoms with Gasteiger partial charge >= 0.3 is 6.03 Å². The molecule has 7 heteroatoms. The largest absolute Gasteiger partial charge is 0.336 e. The molecule has 1 saturated heterocycles.